The molecule has 1 amide bonds. The van der Waals surface area contributed by atoms with Crippen LogP contribution < -0.4 is 10.7 Å². The van der Waals surface area contributed by atoms with Gasteiger partial charge in [-0.3, -0.25) is 9.80 Å². The zero-order valence-electron chi connectivity index (χ0n) is 18.2. The molecule has 2 heterocycles. The van der Waals surface area contributed by atoms with Crippen molar-refractivity contribution in [1.29, 1.82) is 0 Å². The fourth-order valence-electron chi connectivity index (χ4n) is 3.25. The van der Waals surface area contributed by atoms with Crippen molar-refractivity contribution in [2.45, 2.75) is 32.0 Å². The van der Waals surface area contributed by atoms with E-state index in [1.165, 1.54) is 6.33 Å². The lowest BCUT2D eigenvalue weighted by atomic mass is 10.2. The maximum Gasteiger partial charge on any atom is 0.291 e. The van der Waals surface area contributed by atoms with Crippen molar-refractivity contribution >= 4 is 12.2 Å². The molecule has 2 aromatic rings. The number of nitrogens with one attached hydrogen (secondary N) is 2. The molecule has 164 valence electrons. The molecule has 9 nitrogen and oxygen atoms in total. The molecule has 1 aromatic heterocycles. The number of rotatable bonds is 10. The number of aldehydes is 1. The third kappa shape index (κ3) is 5.79. The molecular formula is C22H29N7O2. The Morgan fingerprint density at radius 1 is 1.35 bits per heavy atom. The van der Waals surface area contributed by atoms with Gasteiger partial charge in [-0.05, 0) is 25.0 Å². The van der Waals surface area contributed by atoms with Crippen molar-refractivity contribution in [2.24, 2.45) is 0 Å². The zero-order valence-corrected chi connectivity index (χ0v) is 18.2. The van der Waals surface area contributed by atoms with E-state index in [1.807, 2.05) is 61.3 Å². The number of carbonyl (C=O) groups is 2. The van der Waals surface area contributed by atoms with Crippen molar-refractivity contribution in [1.82, 2.24) is 35.4 Å². The highest BCUT2D eigenvalue weighted by Crippen LogP contribution is 2.18. The quantitative estimate of drug-likeness (QED) is 0.438. The minimum atomic E-state index is -0.650. The van der Waals surface area contributed by atoms with Crippen LogP contribution in [0.2, 0.25) is 0 Å². The standard InChI is InChI=1S/C22H29N7O2/c1-16(2)19-12-20(27(3)4)29(25-19)11-10-18(14-30)24-22(31)21-23-15-28(26-21)13-17-8-6-5-7-9-17/h5-9,12,14-15,18-19,25H,1,10-11,13H2,2-4H3,(H,24,31). The van der Waals surface area contributed by atoms with Crippen molar-refractivity contribution in [2.75, 3.05) is 20.6 Å². The van der Waals surface area contributed by atoms with E-state index in [0.717, 1.165) is 23.2 Å². The molecule has 3 rings (SSSR count). The second-order valence-electron chi connectivity index (χ2n) is 7.78. The fraction of sp³-hybridized carbons (Fsp3) is 0.364. The van der Waals surface area contributed by atoms with Crippen molar-refractivity contribution in [3.63, 3.8) is 0 Å². The Bertz CT molecular complexity index is 952. The van der Waals surface area contributed by atoms with Gasteiger partial charge in [0.2, 0.25) is 5.82 Å². The molecule has 0 bridgehead atoms. The van der Waals surface area contributed by atoms with Crippen LogP contribution in [-0.4, -0.2) is 69.6 Å². The summed E-state index contributed by atoms with van der Waals surface area (Å²) in [5.74, 6) is 0.560. The van der Waals surface area contributed by atoms with Gasteiger partial charge in [-0.25, -0.2) is 15.1 Å². The summed E-state index contributed by atoms with van der Waals surface area (Å²) in [7, 11) is 3.91. The molecule has 1 aliphatic rings. The Hall–Kier alpha value is -3.46. The van der Waals surface area contributed by atoms with Gasteiger partial charge in [-0.15, -0.1) is 5.10 Å². The number of aromatic nitrogens is 3. The second kappa shape index (κ2) is 10.0. The number of benzene rings is 1. The average molecular weight is 424 g/mol. The monoisotopic (exact) mass is 423 g/mol. The summed E-state index contributed by atoms with van der Waals surface area (Å²) in [5, 5.41) is 8.90. The SMILES string of the molecule is C=C(C)C1C=C(N(C)C)N(CCC(C=O)NC(=O)c2ncn(Cc3ccccc3)n2)N1. The number of hydrogen-bond acceptors (Lipinski definition) is 7. The van der Waals surface area contributed by atoms with E-state index < -0.39 is 11.9 Å². The van der Waals surface area contributed by atoms with Crippen LogP contribution in [0.4, 0.5) is 0 Å². The van der Waals surface area contributed by atoms with E-state index in [9.17, 15) is 9.59 Å². The highest BCUT2D eigenvalue weighted by atomic mass is 16.2. The molecule has 2 atom stereocenters. The first-order valence-corrected chi connectivity index (χ1v) is 10.1. The van der Waals surface area contributed by atoms with Crippen LogP contribution in [0, 0.1) is 0 Å². The molecule has 31 heavy (non-hydrogen) atoms. The van der Waals surface area contributed by atoms with Crippen LogP contribution in [0.25, 0.3) is 0 Å². The van der Waals surface area contributed by atoms with E-state index in [4.69, 9.17) is 0 Å². The molecular weight excluding hydrogens is 394 g/mol. The summed E-state index contributed by atoms with van der Waals surface area (Å²) >= 11 is 0. The van der Waals surface area contributed by atoms with Gasteiger partial charge >= 0.3 is 0 Å². The van der Waals surface area contributed by atoms with Crippen LogP contribution in [-0.2, 0) is 11.3 Å². The Morgan fingerprint density at radius 3 is 2.74 bits per heavy atom. The van der Waals surface area contributed by atoms with E-state index in [1.54, 1.807) is 4.68 Å². The lowest BCUT2D eigenvalue weighted by molar-refractivity contribution is -0.109. The second-order valence-corrected chi connectivity index (χ2v) is 7.78. The van der Waals surface area contributed by atoms with Gasteiger partial charge < -0.3 is 15.0 Å². The van der Waals surface area contributed by atoms with Crippen molar-refractivity contribution in [3.05, 3.63) is 72.1 Å². The minimum Gasteiger partial charge on any atom is -0.364 e. The third-order valence-corrected chi connectivity index (χ3v) is 4.95. The molecule has 1 aliphatic heterocycles. The predicted molar refractivity (Wildman–Crippen MR) is 118 cm³/mol. The Balaban J connectivity index is 1.55. The van der Waals surface area contributed by atoms with Gasteiger partial charge in [0.25, 0.3) is 5.91 Å². The minimum absolute atomic E-state index is 0.0401. The van der Waals surface area contributed by atoms with E-state index in [-0.39, 0.29) is 11.9 Å². The molecule has 0 saturated heterocycles. The predicted octanol–water partition coefficient (Wildman–Crippen LogP) is 1.18. The summed E-state index contributed by atoms with van der Waals surface area (Å²) in [4.78, 5) is 30.2. The first kappa shape index (κ1) is 22.2. The smallest absolute Gasteiger partial charge is 0.291 e. The maximum absolute atomic E-state index is 12.5. The Labute approximate surface area is 182 Å². The molecule has 0 spiro atoms. The van der Waals surface area contributed by atoms with Gasteiger partial charge in [0.15, 0.2) is 0 Å². The summed E-state index contributed by atoms with van der Waals surface area (Å²) in [6.45, 7) is 7.01. The van der Waals surface area contributed by atoms with Gasteiger partial charge in [-0.2, -0.15) is 0 Å². The molecule has 9 heteroatoms. The lowest BCUT2D eigenvalue weighted by Gasteiger charge is -2.28. The maximum atomic E-state index is 12.5. The zero-order chi connectivity index (χ0) is 22.4. The molecule has 2 N–H and O–H groups in total. The topological polar surface area (TPSA) is 95.4 Å². The van der Waals surface area contributed by atoms with Crippen molar-refractivity contribution < 1.29 is 9.59 Å². The number of hydrogen-bond donors (Lipinski definition) is 2. The van der Waals surface area contributed by atoms with Crippen LogP contribution in [0.5, 0.6) is 0 Å². The highest BCUT2D eigenvalue weighted by Gasteiger charge is 2.25. The largest absolute Gasteiger partial charge is 0.364 e. The first-order valence-electron chi connectivity index (χ1n) is 10.1. The summed E-state index contributed by atoms with van der Waals surface area (Å²) < 4.78 is 1.60. The van der Waals surface area contributed by atoms with Gasteiger partial charge in [0, 0.05) is 20.6 Å². The normalized spacial score (nSPS) is 16.5. The summed E-state index contributed by atoms with van der Waals surface area (Å²) in [5.41, 5.74) is 5.41. The number of hydrazine groups is 1. The first-order chi connectivity index (χ1) is 14.9. The molecule has 2 unspecified atom stereocenters. The van der Waals surface area contributed by atoms with Crippen LogP contribution >= 0.6 is 0 Å². The van der Waals surface area contributed by atoms with E-state index in [0.29, 0.717) is 19.5 Å². The Kier molecular flexibility index (Phi) is 7.19. The van der Waals surface area contributed by atoms with Gasteiger partial charge in [0.1, 0.15) is 18.4 Å². The highest BCUT2D eigenvalue weighted by molar-refractivity contribution is 5.92. The molecule has 0 radical (unpaired) electrons. The van der Waals surface area contributed by atoms with Crippen LogP contribution in [0.1, 0.15) is 29.5 Å². The number of nitrogens with zero attached hydrogens (tertiary/aromatic N) is 5. The molecule has 1 aromatic carbocycles. The van der Waals surface area contributed by atoms with E-state index in [2.05, 4.69) is 33.5 Å². The van der Waals surface area contributed by atoms with Crippen LogP contribution in [0.15, 0.2) is 60.7 Å². The summed E-state index contributed by atoms with van der Waals surface area (Å²) in [6.07, 6.45) is 4.77. The Morgan fingerprint density at radius 2 is 2.10 bits per heavy atom. The van der Waals surface area contributed by atoms with Crippen LogP contribution in [0.3, 0.4) is 0 Å². The molecule has 0 saturated carbocycles. The van der Waals surface area contributed by atoms with Gasteiger partial charge in [-0.1, -0.05) is 42.5 Å². The number of amides is 1. The molecule has 0 aliphatic carbocycles. The van der Waals surface area contributed by atoms with Crippen molar-refractivity contribution in [3.8, 4) is 0 Å². The van der Waals surface area contributed by atoms with E-state index >= 15 is 0 Å². The number of carbonyl (C=O) groups excluding carboxylic acids is 2. The lowest BCUT2D eigenvalue weighted by Crippen LogP contribution is -2.44. The third-order valence-electron chi connectivity index (χ3n) is 4.95. The summed E-state index contributed by atoms with van der Waals surface area (Å²) in [6, 6.07) is 9.17. The fourth-order valence-corrected chi connectivity index (χ4v) is 3.25. The average Bonchev–Trinajstić information content (AvgIpc) is 3.39. The molecule has 0 fully saturated rings. The van der Waals surface area contributed by atoms with Gasteiger partial charge in [0.05, 0.1) is 18.6 Å².